The molecule has 37 heavy (non-hydrogen) atoms. The van der Waals surface area contributed by atoms with Gasteiger partial charge in [0.15, 0.2) is 5.96 Å². The molecule has 3 rings (SSSR count). The number of nitrogens with zero attached hydrogens (tertiary/aromatic N) is 4. The minimum absolute atomic E-state index is 0.00715. The standard InChI is InChI=1S/C26H36N8OS2/c1-34(16-11-22(20-8-3-2-4-9-20)23-10-5-6-12-29-23)15-7-13-30-25(35)31-14-17-36-18-21-19-37-26(32-21)33-24(27)28/h2-6,8-10,12,19,22H,7,11,13-18H2,1H3,(H2,30,31,35)(H4,27,28,32,33). The number of rotatable bonds is 15. The highest BCUT2D eigenvalue weighted by molar-refractivity contribution is 7.98. The highest BCUT2D eigenvalue weighted by Crippen LogP contribution is 2.26. The number of hydrogen-bond acceptors (Lipinski definition) is 7. The molecule has 0 aliphatic rings. The van der Waals surface area contributed by atoms with Crippen molar-refractivity contribution in [2.75, 3.05) is 39.0 Å². The SMILES string of the molecule is CN(CCCNC(=O)NCCSCc1csc(N=C(N)N)n1)CCC(c1ccccc1)c1ccccn1. The van der Waals surface area contributed by atoms with E-state index in [0.717, 1.165) is 48.8 Å². The van der Waals surface area contributed by atoms with Crippen molar-refractivity contribution in [1.82, 2.24) is 25.5 Å². The maximum Gasteiger partial charge on any atom is 0.314 e. The molecule has 1 atom stereocenters. The van der Waals surface area contributed by atoms with Gasteiger partial charge in [0.25, 0.3) is 0 Å². The van der Waals surface area contributed by atoms with E-state index in [-0.39, 0.29) is 17.9 Å². The van der Waals surface area contributed by atoms with Crippen LogP contribution in [0.1, 0.15) is 35.7 Å². The molecule has 11 heteroatoms. The first-order valence-electron chi connectivity index (χ1n) is 12.3. The Balaban J connectivity index is 1.26. The predicted octanol–water partition coefficient (Wildman–Crippen LogP) is 3.52. The van der Waals surface area contributed by atoms with Crippen LogP contribution in [0.15, 0.2) is 65.1 Å². The minimum Gasteiger partial charge on any atom is -0.370 e. The van der Waals surface area contributed by atoms with Crippen molar-refractivity contribution < 1.29 is 4.79 Å². The van der Waals surface area contributed by atoms with Crippen molar-refractivity contribution in [1.29, 1.82) is 0 Å². The zero-order valence-electron chi connectivity index (χ0n) is 21.2. The van der Waals surface area contributed by atoms with Gasteiger partial charge in [0, 0.05) is 47.8 Å². The molecule has 3 aromatic rings. The second kappa shape index (κ2) is 15.9. The highest BCUT2D eigenvalue weighted by Gasteiger charge is 2.16. The van der Waals surface area contributed by atoms with Crippen LogP contribution in [0.4, 0.5) is 9.93 Å². The number of pyridine rings is 1. The zero-order valence-corrected chi connectivity index (χ0v) is 22.8. The average molecular weight is 541 g/mol. The monoisotopic (exact) mass is 540 g/mol. The molecule has 0 saturated heterocycles. The molecule has 2 amide bonds. The maximum absolute atomic E-state index is 12.1. The van der Waals surface area contributed by atoms with Crippen LogP contribution in [0.3, 0.4) is 0 Å². The Labute approximate surface area is 227 Å². The second-order valence-electron chi connectivity index (χ2n) is 8.56. The normalized spacial score (nSPS) is 11.7. The third-order valence-electron chi connectivity index (χ3n) is 5.59. The number of nitrogens with one attached hydrogen (secondary N) is 2. The molecule has 0 bridgehead atoms. The molecular weight excluding hydrogens is 504 g/mol. The van der Waals surface area contributed by atoms with E-state index in [1.54, 1.807) is 11.8 Å². The Hall–Kier alpha value is -3.15. The van der Waals surface area contributed by atoms with Gasteiger partial charge in [0.1, 0.15) is 0 Å². The predicted molar refractivity (Wildman–Crippen MR) is 154 cm³/mol. The molecule has 1 aromatic carbocycles. The molecule has 0 fully saturated rings. The van der Waals surface area contributed by atoms with E-state index in [9.17, 15) is 4.79 Å². The van der Waals surface area contributed by atoms with Crippen LogP contribution in [0.25, 0.3) is 0 Å². The molecule has 2 aromatic heterocycles. The van der Waals surface area contributed by atoms with Gasteiger partial charge in [-0.05, 0) is 50.7 Å². The van der Waals surface area contributed by atoms with Gasteiger partial charge in [-0.2, -0.15) is 16.8 Å². The Morgan fingerprint density at radius 3 is 2.65 bits per heavy atom. The summed E-state index contributed by atoms with van der Waals surface area (Å²) in [6.07, 6.45) is 3.73. The summed E-state index contributed by atoms with van der Waals surface area (Å²) < 4.78 is 0. The fourth-order valence-corrected chi connectivity index (χ4v) is 5.32. The summed E-state index contributed by atoms with van der Waals surface area (Å²) in [7, 11) is 2.13. The lowest BCUT2D eigenvalue weighted by Crippen LogP contribution is -2.38. The Kier molecular flexibility index (Phi) is 12.2. The van der Waals surface area contributed by atoms with E-state index >= 15 is 0 Å². The van der Waals surface area contributed by atoms with Crippen molar-refractivity contribution in [3.05, 3.63) is 77.1 Å². The number of thioether (sulfide) groups is 1. The smallest absolute Gasteiger partial charge is 0.314 e. The molecule has 2 heterocycles. The van der Waals surface area contributed by atoms with E-state index < -0.39 is 0 Å². The van der Waals surface area contributed by atoms with Crippen LogP contribution >= 0.6 is 23.1 Å². The van der Waals surface area contributed by atoms with Gasteiger partial charge in [-0.1, -0.05) is 36.4 Å². The number of aromatic nitrogens is 2. The summed E-state index contributed by atoms with van der Waals surface area (Å²) >= 11 is 3.10. The third-order valence-corrected chi connectivity index (χ3v) is 7.37. The van der Waals surface area contributed by atoms with Gasteiger partial charge >= 0.3 is 6.03 Å². The van der Waals surface area contributed by atoms with Crippen LogP contribution in [-0.2, 0) is 5.75 Å². The Morgan fingerprint density at radius 1 is 1.11 bits per heavy atom. The molecule has 198 valence electrons. The Bertz CT molecular complexity index is 1050. The van der Waals surface area contributed by atoms with E-state index in [4.69, 9.17) is 11.5 Å². The number of carbonyl (C=O) groups excluding carboxylic acids is 1. The quantitative estimate of drug-likeness (QED) is 0.132. The van der Waals surface area contributed by atoms with Gasteiger partial charge < -0.3 is 27.0 Å². The lowest BCUT2D eigenvalue weighted by Gasteiger charge is -2.22. The molecule has 9 nitrogen and oxygen atoms in total. The number of nitrogens with two attached hydrogens (primary N) is 2. The topological polar surface area (TPSA) is 135 Å². The number of urea groups is 1. The number of benzene rings is 1. The number of hydrogen-bond donors (Lipinski definition) is 4. The fraction of sp³-hybridized carbons (Fsp3) is 0.385. The first-order valence-corrected chi connectivity index (χ1v) is 14.3. The van der Waals surface area contributed by atoms with Crippen LogP contribution in [0.2, 0.25) is 0 Å². The van der Waals surface area contributed by atoms with Gasteiger partial charge in [-0.3, -0.25) is 4.98 Å². The summed E-state index contributed by atoms with van der Waals surface area (Å²) in [6, 6.07) is 16.5. The summed E-state index contributed by atoms with van der Waals surface area (Å²) in [5.74, 6) is 1.82. The van der Waals surface area contributed by atoms with Crippen molar-refractivity contribution >= 4 is 40.2 Å². The Morgan fingerprint density at radius 2 is 1.89 bits per heavy atom. The zero-order chi connectivity index (χ0) is 26.3. The lowest BCUT2D eigenvalue weighted by atomic mass is 9.92. The van der Waals surface area contributed by atoms with Gasteiger partial charge in [-0.15, -0.1) is 11.3 Å². The van der Waals surface area contributed by atoms with E-state index in [2.05, 4.69) is 67.9 Å². The maximum atomic E-state index is 12.1. The minimum atomic E-state index is -0.133. The molecule has 1 unspecified atom stereocenters. The number of guanidine groups is 1. The van der Waals surface area contributed by atoms with Crippen molar-refractivity contribution in [3.63, 3.8) is 0 Å². The van der Waals surface area contributed by atoms with Crippen molar-refractivity contribution in [2.24, 2.45) is 16.5 Å². The average Bonchev–Trinajstić information content (AvgIpc) is 3.34. The molecule has 0 radical (unpaired) electrons. The lowest BCUT2D eigenvalue weighted by molar-refractivity contribution is 0.240. The number of amides is 2. The fourth-order valence-electron chi connectivity index (χ4n) is 3.77. The number of thiazole rings is 1. The molecule has 0 aliphatic heterocycles. The van der Waals surface area contributed by atoms with Gasteiger partial charge in [-0.25, -0.2) is 9.78 Å². The second-order valence-corrected chi connectivity index (χ2v) is 10.5. The highest BCUT2D eigenvalue weighted by atomic mass is 32.2. The summed E-state index contributed by atoms with van der Waals surface area (Å²) in [6.45, 7) is 3.09. The first-order chi connectivity index (χ1) is 18.0. The third kappa shape index (κ3) is 10.8. The number of carbonyl (C=O) groups is 1. The van der Waals surface area contributed by atoms with E-state index in [0.29, 0.717) is 18.2 Å². The van der Waals surface area contributed by atoms with E-state index in [1.165, 1.54) is 16.9 Å². The summed E-state index contributed by atoms with van der Waals surface area (Å²) in [4.78, 5) is 27.2. The van der Waals surface area contributed by atoms with Crippen LogP contribution in [0, 0.1) is 0 Å². The van der Waals surface area contributed by atoms with Crippen LogP contribution in [-0.4, -0.2) is 65.8 Å². The molecule has 0 spiro atoms. The van der Waals surface area contributed by atoms with Crippen LogP contribution in [0.5, 0.6) is 0 Å². The molecular formula is C26H36N8OS2. The first kappa shape index (κ1) is 28.4. The molecule has 0 saturated carbocycles. The van der Waals surface area contributed by atoms with Crippen molar-refractivity contribution in [3.8, 4) is 0 Å². The van der Waals surface area contributed by atoms with Crippen LogP contribution < -0.4 is 22.1 Å². The van der Waals surface area contributed by atoms with Gasteiger partial charge in [0.05, 0.1) is 5.69 Å². The van der Waals surface area contributed by atoms with Crippen molar-refractivity contribution in [2.45, 2.75) is 24.5 Å². The number of aliphatic imine (C=N–C) groups is 1. The molecule has 6 N–H and O–H groups in total. The summed E-state index contributed by atoms with van der Waals surface area (Å²) in [5.41, 5.74) is 14.0. The summed E-state index contributed by atoms with van der Waals surface area (Å²) in [5, 5.41) is 8.34. The molecule has 0 aliphatic carbocycles. The van der Waals surface area contributed by atoms with E-state index in [1.807, 2.05) is 29.8 Å². The largest absolute Gasteiger partial charge is 0.370 e. The van der Waals surface area contributed by atoms with Gasteiger partial charge in [0.2, 0.25) is 5.13 Å².